The summed E-state index contributed by atoms with van der Waals surface area (Å²) in [5.41, 5.74) is 2.59. The zero-order chi connectivity index (χ0) is 11.8. The minimum atomic E-state index is -0.670. The van der Waals surface area contributed by atoms with E-state index in [0.29, 0.717) is 12.4 Å². The van der Waals surface area contributed by atoms with Crippen molar-refractivity contribution in [3.63, 3.8) is 0 Å². The maximum atomic E-state index is 12.6. The molecule has 16 heavy (non-hydrogen) atoms. The Morgan fingerprint density at radius 1 is 1.38 bits per heavy atom. The number of rotatable bonds is 7. The van der Waals surface area contributed by atoms with Crippen LogP contribution in [0.15, 0.2) is 24.3 Å². The van der Waals surface area contributed by atoms with Gasteiger partial charge in [0.25, 0.3) is 0 Å². The molecule has 2 N–H and O–H groups in total. The SMILES string of the molecule is CCONCC(O)COc1ccc(F)cc1. The van der Waals surface area contributed by atoms with Gasteiger partial charge in [-0.05, 0) is 31.2 Å². The lowest BCUT2D eigenvalue weighted by Crippen LogP contribution is -2.31. The highest BCUT2D eigenvalue weighted by Gasteiger charge is 2.04. The summed E-state index contributed by atoms with van der Waals surface area (Å²) in [6.45, 7) is 2.79. The summed E-state index contributed by atoms with van der Waals surface area (Å²) < 4.78 is 17.8. The first-order chi connectivity index (χ1) is 7.72. The summed E-state index contributed by atoms with van der Waals surface area (Å²) >= 11 is 0. The van der Waals surface area contributed by atoms with E-state index in [1.807, 2.05) is 6.92 Å². The molecule has 1 aromatic rings. The Bertz CT molecular complexity index is 292. The minimum Gasteiger partial charge on any atom is -0.491 e. The second-order valence-electron chi connectivity index (χ2n) is 3.20. The molecule has 0 aromatic heterocycles. The van der Waals surface area contributed by atoms with Gasteiger partial charge in [0, 0.05) is 0 Å². The van der Waals surface area contributed by atoms with E-state index in [1.165, 1.54) is 24.3 Å². The van der Waals surface area contributed by atoms with E-state index in [1.54, 1.807) is 0 Å². The number of ether oxygens (including phenoxy) is 1. The number of hydrogen-bond donors (Lipinski definition) is 2. The predicted molar refractivity (Wildman–Crippen MR) is 57.5 cm³/mol. The minimum absolute atomic E-state index is 0.131. The van der Waals surface area contributed by atoms with Gasteiger partial charge >= 0.3 is 0 Å². The third-order valence-corrected chi connectivity index (χ3v) is 1.82. The number of nitrogens with one attached hydrogen (secondary N) is 1. The molecule has 0 spiro atoms. The van der Waals surface area contributed by atoms with Gasteiger partial charge in [0.2, 0.25) is 0 Å². The molecule has 0 amide bonds. The summed E-state index contributed by atoms with van der Waals surface area (Å²) in [7, 11) is 0. The molecular formula is C11H16FNO3. The lowest BCUT2D eigenvalue weighted by molar-refractivity contribution is 0.00949. The second-order valence-corrected chi connectivity index (χ2v) is 3.20. The van der Waals surface area contributed by atoms with Crippen LogP contribution >= 0.6 is 0 Å². The Labute approximate surface area is 93.9 Å². The van der Waals surface area contributed by atoms with Gasteiger partial charge in [-0.25, -0.2) is 4.39 Å². The van der Waals surface area contributed by atoms with Crippen LogP contribution in [0, 0.1) is 5.82 Å². The van der Waals surface area contributed by atoms with Gasteiger partial charge in [-0.15, -0.1) is 0 Å². The van der Waals surface area contributed by atoms with Crippen LogP contribution in [-0.4, -0.2) is 31.0 Å². The molecule has 4 nitrogen and oxygen atoms in total. The highest BCUT2D eigenvalue weighted by Crippen LogP contribution is 2.10. The summed E-state index contributed by atoms with van der Waals surface area (Å²) in [5, 5.41) is 9.45. The topological polar surface area (TPSA) is 50.7 Å². The Morgan fingerprint density at radius 3 is 2.69 bits per heavy atom. The standard InChI is InChI=1S/C11H16FNO3/c1-2-16-13-7-10(14)8-15-11-5-3-9(12)4-6-11/h3-6,10,13-14H,2,7-8H2,1H3. The van der Waals surface area contributed by atoms with Crippen LogP contribution in [0.4, 0.5) is 4.39 Å². The predicted octanol–water partition coefficient (Wildman–Crippen LogP) is 1.11. The van der Waals surface area contributed by atoms with Crippen molar-refractivity contribution >= 4 is 0 Å². The highest BCUT2D eigenvalue weighted by atomic mass is 19.1. The average Bonchev–Trinajstić information content (AvgIpc) is 2.29. The highest BCUT2D eigenvalue weighted by molar-refractivity contribution is 5.22. The van der Waals surface area contributed by atoms with Crippen molar-refractivity contribution in [2.45, 2.75) is 13.0 Å². The number of halogens is 1. The van der Waals surface area contributed by atoms with Crippen molar-refractivity contribution in [3.8, 4) is 5.75 Å². The van der Waals surface area contributed by atoms with E-state index in [0.717, 1.165) is 0 Å². The third kappa shape index (κ3) is 5.06. The summed E-state index contributed by atoms with van der Waals surface area (Å²) in [6, 6.07) is 5.64. The molecule has 5 heteroatoms. The number of aliphatic hydroxyl groups is 1. The maximum absolute atomic E-state index is 12.6. The molecule has 0 aliphatic rings. The van der Waals surface area contributed by atoms with Crippen LogP contribution in [0.25, 0.3) is 0 Å². The van der Waals surface area contributed by atoms with Crippen LogP contribution in [0.5, 0.6) is 5.75 Å². The molecule has 0 aliphatic carbocycles. The van der Waals surface area contributed by atoms with Crippen molar-refractivity contribution in [1.82, 2.24) is 5.48 Å². The smallest absolute Gasteiger partial charge is 0.123 e. The van der Waals surface area contributed by atoms with Crippen molar-refractivity contribution < 1.29 is 19.1 Å². The number of benzene rings is 1. The maximum Gasteiger partial charge on any atom is 0.123 e. The molecule has 0 radical (unpaired) electrons. The number of hydroxylamine groups is 1. The summed E-state index contributed by atoms with van der Waals surface area (Å²) in [6.07, 6.45) is -0.670. The van der Waals surface area contributed by atoms with E-state index in [2.05, 4.69) is 5.48 Å². The lowest BCUT2D eigenvalue weighted by Gasteiger charge is -2.12. The van der Waals surface area contributed by atoms with Crippen LogP contribution in [-0.2, 0) is 4.84 Å². The first-order valence-electron chi connectivity index (χ1n) is 5.13. The summed E-state index contributed by atoms with van der Waals surface area (Å²) in [4.78, 5) is 4.86. The van der Waals surface area contributed by atoms with E-state index >= 15 is 0 Å². The molecule has 0 bridgehead atoms. The van der Waals surface area contributed by atoms with E-state index < -0.39 is 6.10 Å². The van der Waals surface area contributed by atoms with Gasteiger partial charge < -0.3 is 14.7 Å². The Kier molecular flexibility index (Phi) is 5.77. The van der Waals surface area contributed by atoms with Crippen LogP contribution in [0.3, 0.4) is 0 Å². The van der Waals surface area contributed by atoms with Gasteiger partial charge in [0.05, 0.1) is 13.2 Å². The number of aliphatic hydroxyl groups excluding tert-OH is 1. The van der Waals surface area contributed by atoms with Crippen LogP contribution < -0.4 is 10.2 Å². The third-order valence-electron chi connectivity index (χ3n) is 1.82. The van der Waals surface area contributed by atoms with Gasteiger partial charge in [-0.2, -0.15) is 5.48 Å². The first-order valence-corrected chi connectivity index (χ1v) is 5.13. The normalized spacial score (nSPS) is 12.4. The Morgan fingerprint density at radius 2 is 2.06 bits per heavy atom. The van der Waals surface area contributed by atoms with Gasteiger partial charge in [-0.1, -0.05) is 0 Å². The molecule has 90 valence electrons. The molecule has 1 rings (SSSR count). The zero-order valence-corrected chi connectivity index (χ0v) is 9.15. The fourth-order valence-corrected chi connectivity index (χ4v) is 1.04. The van der Waals surface area contributed by atoms with Crippen molar-refractivity contribution in [3.05, 3.63) is 30.1 Å². The monoisotopic (exact) mass is 229 g/mol. The summed E-state index contributed by atoms with van der Waals surface area (Å²) in [5.74, 6) is 0.211. The largest absolute Gasteiger partial charge is 0.491 e. The van der Waals surface area contributed by atoms with E-state index in [9.17, 15) is 9.50 Å². The fourth-order valence-electron chi connectivity index (χ4n) is 1.04. The Balaban J connectivity index is 2.20. The fraction of sp³-hybridized carbons (Fsp3) is 0.455. The van der Waals surface area contributed by atoms with Gasteiger partial charge in [0.1, 0.15) is 24.3 Å². The molecule has 1 unspecified atom stereocenters. The van der Waals surface area contributed by atoms with Crippen molar-refractivity contribution in [2.75, 3.05) is 19.8 Å². The first kappa shape index (κ1) is 12.9. The van der Waals surface area contributed by atoms with E-state index in [-0.39, 0.29) is 19.0 Å². The van der Waals surface area contributed by atoms with Crippen molar-refractivity contribution in [2.24, 2.45) is 0 Å². The molecule has 1 aromatic carbocycles. The van der Waals surface area contributed by atoms with Crippen LogP contribution in [0.1, 0.15) is 6.92 Å². The molecular weight excluding hydrogens is 213 g/mol. The number of hydrogen-bond acceptors (Lipinski definition) is 4. The molecule has 0 fully saturated rings. The van der Waals surface area contributed by atoms with Crippen molar-refractivity contribution in [1.29, 1.82) is 0 Å². The average molecular weight is 229 g/mol. The lowest BCUT2D eigenvalue weighted by atomic mass is 10.3. The molecule has 1 atom stereocenters. The molecule has 0 saturated heterocycles. The second kappa shape index (κ2) is 7.16. The Hall–Kier alpha value is -1.17. The van der Waals surface area contributed by atoms with Gasteiger partial charge in [0.15, 0.2) is 0 Å². The van der Waals surface area contributed by atoms with Gasteiger partial charge in [-0.3, -0.25) is 0 Å². The van der Waals surface area contributed by atoms with E-state index in [4.69, 9.17) is 9.57 Å². The quantitative estimate of drug-likeness (QED) is 0.543. The zero-order valence-electron chi connectivity index (χ0n) is 9.15. The molecule has 0 saturated carbocycles. The molecule has 0 aliphatic heterocycles. The molecule has 0 heterocycles. The van der Waals surface area contributed by atoms with Crippen LogP contribution in [0.2, 0.25) is 0 Å².